The fraction of sp³-hybridized carbons (Fsp3) is 0.650. The Labute approximate surface area is 154 Å². The summed E-state index contributed by atoms with van der Waals surface area (Å²) < 4.78 is 2.05. The maximum absolute atomic E-state index is 10.6. The van der Waals surface area contributed by atoms with Gasteiger partial charge in [0.05, 0.1) is 0 Å². The summed E-state index contributed by atoms with van der Waals surface area (Å²) in [6.07, 6.45) is 10.8. The maximum atomic E-state index is 10.6. The first kappa shape index (κ1) is 17.3. The van der Waals surface area contributed by atoms with Gasteiger partial charge in [-0.05, 0) is 44.4 Å². The average Bonchev–Trinajstić information content (AvgIpc) is 2.99. The van der Waals surface area contributed by atoms with Gasteiger partial charge in [-0.25, -0.2) is 15.0 Å². The van der Waals surface area contributed by atoms with Crippen LogP contribution in [0.2, 0.25) is 0 Å². The summed E-state index contributed by atoms with van der Waals surface area (Å²) >= 11 is 0. The van der Waals surface area contributed by atoms with Crippen molar-refractivity contribution in [2.24, 2.45) is 7.05 Å². The van der Waals surface area contributed by atoms with Crippen molar-refractivity contribution in [2.75, 3.05) is 5.73 Å². The standard InChI is InChI=1S/C20H27N5O/c1-25-18(14-8-4-2-5-9-14)24-16-17(21)22-15(23-19(16)25)10-13-20(26)11-6-3-7-12-20/h14,26H,2-9,11-12H2,1H3,(H2,21,22,23). The number of aliphatic hydroxyl groups is 1. The predicted octanol–water partition coefficient (Wildman–Crippen LogP) is 3.04. The van der Waals surface area contributed by atoms with Crippen LogP contribution in [-0.2, 0) is 7.05 Å². The van der Waals surface area contributed by atoms with Gasteiger partial charge in [-0.3, -0.25) is 0 Å². The van der Waals surface area contributed by atoms with Crippen LogP contribution in [0.15, 0.2) is 0 Å². The van der Waals surface area contributed by atoms with Crippen LogP contribution in [0.4, 0.5) is 5.82 Å². The molecular weight excluding hydrogens is 326 g/mol. The van der Waals surface area contributed by atoms with E-state index in [4.69, 9.17) is 10.7 Å². The highest BCUT2D eigenvalue weighted by Gasteiger charge is 2.27. The first-order valence-electron chi connectivity index (χ1n) is 9.81. The van der Waals surface area contributed by atoms with Gasteiger partial charge >= 0.3 is 0 Å². The molecule has 0 aliphatic heterocycles. The van der Waals surface area contributed by atoms with E-state index in [9.17, 15) is 5.11 Å². The number of nitrogens with two attached hydrogens (primary N) is 1. The zero-order valence-corrected chi connectivity index (χ0v) is 15.5. The Morgan fingerprint density at radius 3 is 2.46 bits per heavy atom. The summed E-state index contributed by atoms with van der Waals surface area (Å²) in [5, 5.41) is 10.6. The van der Waals surface area contributed by atoms with Gasteiger partial charge in [-0.2, -0.15) is 0 Å². The lowest BCUT2D eigenvalue weighted by Crippen LogP contribution is -2.29. The molecule has 138 valence electrons. The van der Waals surface area contributed by atoms with Gasteiger partial charge in [-0.15, -0.1) is 0 Å². The number of nitrogen functional groups attached to an aromatic ring is 1. The Morgan fingerprint density at radius 1 is 1.04 bits per heavy atom. The van der Waals surface area contributed by atoms with Crippen LogP contribution >= 0.6 is 0 Å². The van der Waals surface area contributed by atoms with Crippen LogP contribution in [0.1, 0.15) is 81.8 Å². The molecular formula is C20H27N5O. The highest BCUT2D eigenvalue weighted by atomic mass is 16.3. The van der Waals surface area contributed by atoms with Crippen molar-refractivity contribution >= 4 is 17.0 Å². The van der Waals surface area contributed by atoms with E-state index in [1.165, 1.54) is 38.5 Å². The molecule has 0 amide bonds. The van der Waals surface area contributed by atoms with E-state index >= 15 is 0 Å². The van der Waals surface area contributed by atoms with Crippen molar-refractivity contribution in [2.45, 2.75) is 75.7 Å². The molecule has 0 unspecified atom stereocenters. The van der Waals surface area contributed by atoms with Gasteiger partial charge in [0.15, 0.2) is 17.0 Å². The molecule has 0 spiro atoms. The number of aromatic nitrogens is 4. The van der Waals surface area contributed by atoms with E-state index in [0.717, 1.165) is 37.2 Å². The number of rotatable bonds is 1. The van der Waals surface area contributed by atoms with Crippen molar-refractivity contribution in [3.8, 4) is 11.8 Å². The van der Waals surface area contributed by atoms with E-state index < -0.39 is 5.60 Å². The SMILES string of the molecule is Cn1c(C2CCCCC2)nc2c(N)nc(C#CC3(O)CCCCC3)nc21. The fourth-order valence-electron chi connectivity index (χ4n) is 4.31. The van der Waals surface area contributed by atoms with Crippen LogP contribution in [-0.4, -0.2) is 30.2 Å². The van der Waals surface area contributed by atoms with Gasteiger partial charge < -0.3 is 15.4 Å². The Hall–Kier alpha value is -2.13. The summed E-state index contributed by atoms with van der Waals surface area (Å²) in [4.78, 5) is 13.7. The highest BCUT2D eigenvalue weighted by molar-refractivity contribution is 5.82. The van der Waals surface area contributed by atoms with Crippen LogP contribution in [0.25, 0.3) is 11.2 Å². The maximum Gasteiger partial charge on any atom is 0.209 e. The van der Waals surface area contributed by atoms with Gasteiger partial charge in [0, 0.05) is 13.0 Å². The van der Waals surface area contributed by atoms with Crippen molar-refractivity contribution in [1.82, 2.24) is 19.5 Å². The number of anilines is 1. The Balaban J connectivity index is 1.69. The second-order valence-corrected chi connectivity index (χ2v) is 7.81. The van der Waals surface area contributed by atoms with Crippen molar-refractivity contribution in [3.05, 3.63) is 11.6 Å². The molecule has 2 aromatic heterocycles. The van der Waals surface area contributed by atoms with Gasteiger partial charge in [0.25, 0.3) is 0 Å². The molecule has 2 aromatic rings. The molecule has 3 N–H and O–H groups in total. The van der Waals surface area contributed by atoms with E-state index in [-0.39, 0.29) is 0 Å². The van der Waals surface area contributed by atoms with Gasteiger partial charge in [0.1, 0.15) is 11.4 Å². The largest absolute Gasteiger partial charge is 0.382 e. The first-order chi connectivity index (χ1) is 12.6. The summed E-state index contributed by atoms with van der Waals surface area (Å²) in [5.41, 5.74) is 6.64. The van der Waals surface area contributed by atoms with Crippen LogP contribution < -0.4 is 5.73 Å². The number of hydrogen-bond acceptors (Lipinski definition) is 5. The van der Waals surface area contributed by atoms with Crippen molar-refractivity contribution in [3.63, 3.8) is 0 Å². The van der Waals surface area contributed by atoms with Crippen molar-refractivity contribution in [1.29, 1.82) is 0 Å². The lowest BCUT2D eigenvalue weighted by atomic mass is 9.85. The molecule has 0 aromatic carbocycles. The predicted molar refractivity (Wildman–Crippen MR) is 101 cm³/mol. The summed E-state index contributed by atoms with van der Waals surface area (Å²) in [7, 11) is 2.00. The Kier molecular flexibility index (Phi) is 4.58. The average molecular weight is 353 g/mol. The molecule has 2 aliphatic rings. The van der Waals surface area contributed by atoms with Crippen LogP contribution in [0.5, 0.6) is 0 Å². The fourth-order valence-corrected chi connectivity index (χ4v) is 4.31. The quantitative estimate of drug-likeness (QED) is 0.769. The minimum atomic E-state index is -0.912. The Morgan fingerprint density at radius 2 is 1.73 bits per heavy atom. The number of hydrogen-bond donors (Lipinski definition) is 2. The minimum absolute atomic E-state index is 0.368. The highest BCUT2D eigenvalue weighted by Crippen LogP contribution is 2.33. The van der Waals surface area contributed by atoms with Gasteiger partial charge in [-0.1, -0.05) is 31.6 Å². The lowest BCUT2D eigenvalue weighted by Gasteiger charge is -2.26. The number of aryl methyl sites for hydroxylation is 1. The van der Waals surface area contributed by atoms with E-state index in [1.807, 2.05) is 11.6 Å². The van der Waals surface area contributed by atoms with E-state index in [0.29, 0.717) is 23.1 Å². The third-order valence-corrected chi connectivity index (χ3v) is 5.84. The molecule has 0 bridgehead atoms. The minimum Gasteiger partial charge on any atom is -0.382 e. The molecule has 0 atom stereocenters. The smallest absolute Gasteiger partial charge is 0.209 e. The molecule has 0 radical (unpaired) electrons. The molecule has 2 heterocycles. The third-order valence-electron chi connectivity index (χ3n) is 5.84. The summed E-state index contributed by atoms with van der Waals surface area (Å²) in [5.74, 6) is 8.21. The van der Waals surface area contributed by atoms with Crippen molar-refractivity contribution < 1.29 is 5.11 Å². The van der Waals surface area contributed by atoms with E-state index in [2.05, 4.69) is 21.8 Å². The molecule has 26 heavy (non-hydrogen) atoms. The monoisotopic (exact) mass is 353 g/mol. The van der Waals surface area contributed by atoms with Gasteiger partial charge in [0.2, 0.25) is 5.82 Å². The zero-order chi connectivity index (χ0) is 18.1. The molecule has 6 nitrogen and oxygen atoms in total. The molecule has 2 saturated carbocycles. The third kappa shape index (κ3) is 3.28. The molecule has 0 saturated heterocycles. The van der Waals surface area contributed by atoms with Crippen LogP contribution in [0.3, 0.4) is 0 Å². The second-order valence-electron chi connectivity index (χ2n) is 7.81. The molecule has 2 aliphatic carbocycles. The van der Waals surface area contributed by atoms with Crippen LogP contribution in [0, 0.1) is 11.8 Å². The topological polar surface area (TPSA) is 89.9 Å². The van der Waals surface area contributed by atoms with E-state index in [1.54, 1.807) is 0 Å². The molecule has 6 heteroatoms. The number of imidazole rings is 1. The molecule has 2 fully saturated rings. The lowest BCUT2D eigenvalue weighted by molar-refractivity contribution is 0.0610. The first-order valence-corrected chi connectivity index (χ1v) is 9.81. The summed E-state index contributed by atoms with van der Waals surface area (Å²) in [6, 6.07) is 0. The zero-order valence-electron chi connectivity index (χ0n) is 15.5. The summed E-state index contributed by atoms with van der Waals surface area (Å²) in [6.45, 7) is 0. The number of fused-ring (bicyclic) bond motifs is 1. The second kappa shape index (κ2) is 6.88. The molecule has 4 rings (SSSR count). The number of nitrogens with zero attached hydrogens (tertiary/aromatic N) is 4. The Bertz CT molecular complexity index is 864. The normalized spacial score (nSPS) is 20.7.